The molecule has 3 nitrogen and oxygen atoms in total. The highest BCUT2D eigenvalue weighted by atomic mass is 32.2. The molecule has 0 amide bonds. The number of nitrogens with one attached hydrogen (secondary N) is 1. The molecule has 0 spiro atoms. The number of esters is 1. The number of rotatable bonds is 5. The molecule has 16 heavy (non-hydrogen) atoms. The minimum absolute atomic E-state index is 0.112. The molecular weight excluding hydrogens is 222 g/mol. The van der Waals surface area contributed by atoms with Crippen LogP contribution in [0.3, 0.4) is 0 Å². The highest BCUT2D eigenvalue weighted by molar-refractivity contribution is 7.99. The fourth-order valence-corrected chi connectivity index (χ4v) is 3.52. The molecule has 1 atom stereocenters. The van der Waals surface area contributed by atoms with E-state index in [-0.39, 0.29) is 5.97 Å². The summed E-state index contributed by atoms with van der Waals surface area (Å²) in [5, 5.41) is 3.56. The zero-order chi connectivity index (χ0) is 12.0. The normalized spacial score (nSPS) is 24.1. The van der Waals surface area contributed by atoms with Crippen LogP contribution in [0, 0.1) is 5.41 Å². The number of hydrogen-bond donors (Lipinski definition) is 1. The number of thioether (sulfide) groups is 1. The van der Waals surface area contributed by atoms with E-state index in [2.05, 4.69) is 23.9 Å². The summed E-state index contributed by atoms with van der Waals surface area (Å²) in [6.07, 6.45) is 2.65. The van der Waals surface area contributed by atoms with Crippen LogP contribution >= 0.6 is 11.8 Å². The lowest BCUT2D eigenvalue weighted by molar-refractivity contribution is -0.140. The lowest BCUT2D eigenvalue weighted by Gasteiger charge is -2.38. The van der Waals surface area contributed by atoms with Crippen LogP contribution in [-0.4, -0.2) is 37.2 Å². The van der Waals surface area contributed by atoms with Gasteiger partial charge < -0.3 is 10.1 Å². The standard InChI is InChI=1S/C12H23NO2S/c1-12(2)6-8-16-9-10(12)13-7-4-5-11(14)15-3/h10,13H,4-9H2,1-3H3. The van der Waals surface area contributed by atoms with E-state index in [1.54, 1.807) is 0 Å². The second kappa shape index (κ2) is 6.50. The Hall–Kier alpha value is -0.220. The van der Waals surface area contributed by atoms with Crippen molar-refractivity contribution in [2.45, 2.75) is 39.2 Å². The first kappa shape index (κ1) is 13.8. The van der Waals surface area contributed by atoms with Gasteiger partial charge in [-0.2, -0.15) is 11.8 Å². The lowest BCUT2D eigenvalue weighted by Crippen LogP contribution is -2.46. The Morgan fingerprint density at radius 2 is 2.31 bits per heavy atom. The molecule has 0 aliphatic carbocycles. The molecule has 94 valence electrons. The molecular formula is C12H23NO2S. The third kappa shape index (κ3) is 4.34. The average molecular weight is 245 g/mol. The predicted octanol–water partition coefficient (Wildman–Crippen LogP) is 2.06. The first-order valence-electron chi connectivity index (χ1n) is 5.94. The molecule has 1 saturated heterocycles. The molecule has 1 heterocycles. The van der Waals surface area contributed by atoms with Gasteiger partial charge in [0.1, 0.15) is 0 Å². The molecule has 1 aliphatic rings. The highest BCUT2D eigenvalue weighted by Crippen LogP contribution is 2.33. The quantitative estimate of drug-likeness (QED) is 0.594. The Bertz CT molecular complexity index is 231. The van der Waals surface area contributed by atoms with Crippen LogP contribution in [0.2, 0.25) is 0 Å². The van der Waals surface area contributed by atoms with Crippen molar-refractivity contribution in [3.63, 3.8) is 0 Å². The van der Waals surface area contributed by atoms with Crippen LogP contribution in [0.4, 0.5) is 0 Å². The van der Waals surface area contributed by atoms with E-state index in [4.69, 9.17) is 0 Å². The number of ether oxygens (including phenoxy) is 1. The van der Waals surface area contributed by atoms with Gasteiger partial charge >= 0.3 is 5.97 Å². The Morgan fingerprint density at radius 3 is 2.94 bits per heavy atom. The van der Waals surface area contributed by atoms with Crippen molar-refractivity contribution in [2.24, 2.45) is 5.41 Å². The number of carbonyl (C=O) groups is 1. The summed E-state index contributed by atoms with van der Waals surface area (Å²) in [5.74, 6) is 2.34. The number of methoxy groups -OCH3 is 1. The van der Waals surface area contributed by atoms with E-state index in [1.165, 1.54) is 25.0 Å². The van der Waals surface area contributed by atoms with Crippen molar-refractivity contribution in [3.05, 3.63) is 0 Å². The first-order valence-corrected chi connectivity index (χ1v) is 7.09. The summed E-state index contributed by atoms with van der Waals surface area (Å²) in [7, 11) is 1.44. The van der Waals surface area contributed by atoms with Gasteiger partial charge in [0.25, 0.3) is 0 Å². The molecule has 0 aromatic heterocycles. The summed E-state index contributed by atoms with van der Waals surface area (Å²) >= 11 is 2.02. The van der Waals surface area contributed by atoms with E-state index in [1.807, 2.05) is 11.8 Å². The van der Waals surface area contributed by atoms with E-state index in [0.717, 1.165) is 13.0 Å². The molecule has 0 radical (unpaired) electrons. The monoisotopic (exact) mass is 245 g/mol. The molecule has 0 aromatic rings. The fourth-order valence-electron chi connectivity index (χ4n) is 1.88. The molecule has 1 aliphatic heterocycles. The van der Waals surface area contributed by atoms with Crippen molar-refractivity contribution < 1.29 is 9.53 Å². The van der Waals surface area contributed by atoms with Gasteiger partial charge in [-0.05, 0) is 30.6 Å². The molecule has 1 fully saturated rings. The molecule has 1 N–H and O–H groups in total. The summed E-state index contributed by atoms with van der Waals surface area (Å²) in [4.78, 5) is 10.9. The largest absolute Gasteiger partial charge is 0.469 e. The van der Waals surface area contributed by atoms with Crippen molar-refractivity contribution in [1.29, 1.82) is 0 Å². The summed E-state index contributed by atoms with van der Waals surface area (Å²) in [6.45, 7) is 5.55. The van der Waals surface area contributed by atoms with Gasteiger partial charge in [-0.1, -0.05) is 13.8 Å². The maximum Gasteiger partial charge on any atom is 0.305 e. The van der Waals surface area contributed by atoms with Crippen LogP contribution in [-0.2, 0) is 9.53 Å². The van der Waals surface area contributed by atoms with E-state index in [9.17, 15) is 4.79 Å². The molecule has 1 rings (SSSR count). The van der Waals surface area contributed by atoms with Gasteiger partial charge in [-0.3, -0.25) is 4.79 Å². The van der Waals surface area contributed by atoms with Gasteiger partial charge in [-0.25, -0.2) is 0 Å². The van der Waals surface area contributed by atoms with Crippen molar-refractivity contribution in [2.75, 3.05) is 25.2 Å². The minimum Gasteiger partial charge on any atom is -0.469 e. The third-order valence-electron chi connectivity index (χ3n) is 3.29. The second-order valence-electron chi connectivity index (χ2n) is 5.00. The zero-order valence-electron chi connectivity index (χ0n) is 10.5. The van der Waals surface area contributed by atoms with Crippen LogP contribution in [0.15, 0.2) is 0 Å². The van der Waals surface area contributed by atoms with Crippen molar-refractivity contribution in [3.8, 4) is 0 Å². The van der Waals surface area contributed by atoms with Crippen LogP contribution in [0.25, 0.3) is 0 Å². The van der Waals surface area contributed by atoms with Gasteiger partial charge in [0, 0.05) is 18.2 Å². The Kier molecular flexibility index (Phi) is 5.62. The maximum absolute atomic E-state index is 10.9. The van der Waals surface area contributed by atoms with Crippen molar-refractivity contribution in [1.82, 2.24) is 5.32 Å². The molecule has 0 bridgehead atoms. The van der Waals surface area contributed by atoms with Crippen LogP contribution < -0.4 is 5.32 Å². The van der Waals surface area contributed by atoms with Crippen molar-refractivity contribution >= 4 is 17.7 Å². The lowest BCUT2D eigenvalue weighted by atomic mass is 9.82. The van der Waals surface area contributed by atoms with Gasteiger partial charge in [0.2, 0.25) is 0 Å². The summed E-state index contributed by atoms with van der Waals surface area (Å²) in [5.41, 5.74) is 0.385. The van der Waals surface area contributed by atoms with Gasteiger partial charge in [0.05, 0.1) is 7.11 Å². The minimum atomic E-state index is -0.112. The highest BCUT2D eigenvalue weighted by Gasteiger charge is 2.31. The van der Waals surface area contributed by atoms with E-state index >= 15 is 0 Å². The van der Waals surface area contributed by atoms with Crippen LogP contribution in [0.1, 0.15) is 33.1 Å². The fraction of sp³-hybridized carbons (Fsp3) is 0.917. The topological polar surface area (TPSA) is 38.3 Å². The average Bonchev–Trinajstić information content (AvgIpc) is 2.25. The van der Waals surface area contributed by atoms with Gasteiger partial charge in [-0.15, -0.1) is 0 Å². The molecule has 0 saturated carbocycles. The number of hydrogen-bond acceptors (Lipinski definition) is 4. The summed E-state index contributed by atoms with van der Waals surface area (Å²) in [6, 6.07) is 0.573. The predicted molar refractivity (Wildman–Crippen MR) is 68.8 cm³/mol. The third-order valence-corrected chi connectivity index (χ3v) is 4.36. The Morgan fingerprint density at radius 1 is 1.56 bits per heavy atom. The van der Waals surface area contributed by atoms with Crippen LogP contribution in [0.5, 0.6) is 0 Å². The van der Waals surface area contributed by atoms with Gasteiger partial charge in [0.15, 0.2) is 0 Å². The van der Waals surface area contributed by atoms with E-state index < -0.39 is 0 Å². The SMILES string of the molecule is COC(=O)CCCNC1CSCCC1(C)C. The molecule has 0 aromatic carbocycles. The smallest absolute Gasteiger partial charge is 0.305 e. The molecule has 1 unspecified atom stereocenters. The number of carbonyl (C=O) groups excluding carboxylic acids is 1. The second-order valence-corrected chi connectivity index (χ2v) is 6.15. The first-order chi connectivity index (χ1) is 7.56. The Labute approximate surface area is 103 Å². The summed E-state index contributed by atoms with van der Waals surface area (Å²) < 4.78 is 4.61. The zero-order valence-corrected chi connectivity index (χ0v) is 11.4. The molecule has 4 heteroatoms. The van der Waals surface area contributed by atoms with E-state index in [0.29, 0.717) is 17.9 Å². The Balaban J connectivity index is 2.18. The maximum atomic E-state index is 10.9.